The molecule has 1 aromatic carbocycles. The molecule has 0 aliphatic carbocycles. The zero-order valence-electron chi connectivity index (χ0n) is 10.2. The first kappa shape index (κ1) is 11.4. The van der Waals surface area contributed by atoms with Crippen molar-refractivity contribution in [3.8, 4) is 0 Å². The van der Waals surface area contributed by atoms with E-state index in [4.69, 9.17) is 11.6 Å². The van der Waals surface area contributed by atoms with Crippen molar-refractivity contribution < 1.29 is 0 Å². The summed E-state index contributed by atoms with van der Waals surface area (Å²) in [5.74, 6) is 1.04. The molecule has 0 N–H and O–H groups in total. The lowest BCUT2D eigenvalue weighted by Crippen LogP contribution is -2.07. The Kier molecular flexibility index (Phi) is 2.84. The van der Waals surface area contributed by atoms with E-state index in [2.05, 4.69) is 32.4 Å². The Morgan fingerprint density at radius 1 is 1.11 bits per heavy atom. The second-order valence-electron chi connectivity index (χ2n) is 4.35. The summed E-state index contributed by atoms with van der Waals surface area (Å²) in [6, 6.07) is 8.10. The fourth-order valence-corrected chi connectivity index (χ4v) is 2.55. The average Bonchev–Trinajstić information content (AvgIpc) is 2.94. The Bertz CT molecular complexity index is 681. The van der Waals surface area contributed by atoms with Crippen molar-refractivity contribution in [3.63, 3.8) is 0 Å². The molecule has 0 radical (unpaired) electrons. The molecular weight excluding hydrogens is 246 g/mol. The summed E-state index contributed by atoms with van der Waals surface area (Å²) < 4.78 is 4.33. The third-order valence-corrected chi connectivity index (χ3v) is 3.55. The molecule has 0 bridgehead atoms. The van der Waals surface area contributed by atoms with E-state index < -0.39 is 0 Å². The molecule has 3 aromatic rings. The van der Waals surface area contributed by atoms with Crippen LogP contribution in [0.1, 0.15) is 5.82 Å². The van der Waals surface area contributed by atoms with Crippen LogP contribution < -0.4 is 0 Å². The van der Waals surface area contributed by atoms with Crippen LogP contribution in [0, 0.1) is 6.92 Å². The molecule has 2 heterocycles. The summed E-state index contributed by atoms with van der Waals surface area (Å²) >= 11 is 6.26. The second kappa shape index (κ2) is 4.50. The van der Waals surface area contributed by atoms with Crippen molar-refractivity contribution in [2.45, 2.75) is 20.0 Å². The molecule has 0 spiro atoms. The highest BCUT2D eigenvalue weighted by atomic mass is 35.5. The monoisotopic (exact) mass is 259 g/mol. The van der Waals surface area contributed by atoms with Gasteiger partial charge < -0.3 is 9.13 Å². The molecule has 3 nitrogen and oxygen atoms in total. The van der Waals surface area contributed by atoms with Crippen molar-refractivity contribution >= 4 is 22.5 Å². The first-order valence-electron chi connectivity index (χ1n) is 5.97. The fourth-order valence-electron chi connectivity index (χ4n) is 2.26. The third-order valence-electron chi connectivity index (χ3n) is 3.24. The van der Waals surface area contributed by atoms with Gasteiger partial charge in [-0.25, -0.2) is 4.98 Å². The van der Waals surface area contributed by atoms with Crippen molar-refractivity contribution in [3.05, 3.63) is 53.7 Å². The molecule has 92 valence electrons. The van der Waals surface area contributed by atoms with E-state index in [1.165, 1.54) is 5.39 Å². The lowest BCUT2D eigenvalue weighted by Gasteiger charge is -2.08. The maximum absolute atomic E-state index is 6.26. The Balaban J connectivity index is 1.89. The minimum Gasteiger partial charge on any atom is -0.344 e. The third kappa shape index (κ3) is 1.91. The summed E-state index contributed by atoms with van der Waals surface area (Å²) in [6.45, 7) is 3.81. The van der Waals surface area contributed by atoms with Gasteiger partial charge in [0.1, 0.15) is 5.82 Å². The highest BCUT2D eigenvalue weighted by molar-refractivity contribution is 6.35. The zero-order chi connectivity index (χ0) is 12.5. The maximum atomic E-state index is 6.26. The molecule has 0 saturated heterocycles. The van der Waals surface area contributed by atoms with Gasteiger partial charge in [0.05, 0.1) is 10.5 Å². The lowest BCUT2D eigenvalue weighted by atomic mass is 10.2. The predicted molar refractivity (Wildman–Crippen MR) is 73.9 cm³/mol. The molecule has 4 heteroatoms. The summed E-state index contributed by atoms with van der Waals surface area (Å²) in [7, 11) is 0. The number of hydrogen-bond donors (Lipinski definition) is 0. The number of hydrogen-bond acceptors (Lipinski definition) is 1. The van der Waals surface area contributed by atoms with Crippen molar-refractivity contribution in [1.82, 2.24) is 14.1 Å². The second-order valence-corrected chi connectivity index (χ2v) is 4.76. The van der Waals surface area contributed by atoms with Gasteiger partial charge >= 0.3 is 0 Å². The summed E-state index contributed by atoms with van der Waals surface area (Å²) in [5.41, 5.74) is 1.11. The lowest BCUT2D eigenvalue weighted by molar-refractivity contribution is 0.580. The Labute approximate surface area is 111 Å². The van der Waals surface area contributed by atoms with Gasteiger partial charge in [-0.1, -0.05) is 23.7 Å². The number of nitrogens with zero attached hydrogens (tertiary/aromatic N) is 3. The van der Waals surface area contributed by atoms with Gasteiger partial charge in [-0.3, -0.25) is 0 Å². The number of imidazole rings is 1. The van der Waals surface area contributed by atoms with Crippen LogP contribution in [0.5, 0.6) is 0 Å². The average molecular weight is 260 g/mol. The predicted octanol–water partition coefficient (Wildman–Crippen LogP) is 3.50. The molecule has 0 aliphatic rings. The number of rotatable bonds is 3. The van der Waals surface area contributed by atoms with Gasteiger partial charge in [-0.15, -0.1) is 0 Å². The van der Waals surface area contributed by atoms with Crippen LogP contribution in [0.3, 0.4) is 0 Å². The first-order chi connectivity index (χ1) is 8.75. The van der Waals surface area contributed by atoms with E-state index in [0.29, 0.717) is 0 Å². The van der Waals surface area contributed by atoms with E-state index >= 15 is 0 Å². The molecule has 18 heavy (non-hydrogen) atoms. The van der Waals surface area contributed by atoms with Crippen LogP contribution in [0.25, 0.3) is 10.9 Å². The molecule has 2 aromatic heterocycles. The van der Waals surface area contributed by atoms with E-state index in [1.54, 1.807) is 0 Å². The minimum atomic E-state index is 0.805. The number of benzene rings is 1. The molecule has 0 aliphatic heterocycles. The topological polar surface area (TPSA) is 22.8 Å². The summed E-state index contributed by atoms with van der Waals surface area (Å²) in [6.07, 6.45) is 5.92. The Hall–Kier alpha value is -1.74. The minimum absolute atomic E-state index is 0.805. The smallest absolute Gasteiger partial charge is 0.105 e. The number of para-hydroxylation sites is 1. The van der Waals surface area contributed by atoms with Crippen molar-refractivity contribution in [2.24, 2.45) is 0 Å². The van der Waals surface area contributed by atoms with E-state index in [-0.39, 0.29) is 0 Å². The molecule has 0 saturated carbocycles. The van der Waals surface area contributed by atoms with Crippen molar-refractivity contribution in [1.29, 1.82) is 0 Å². The van der Waals surface area contributed by atoms with Gasteiger partial charge in [0.15, 0.2) is 0 Å². The van der Waals surface area contributed by atoms with Crippen molar-refractivity contribution in [2.75, 3.05) is 0 Å². The number of fused-ring (bicyclic) bond motifs is 1. The molecular formula is C14H14ClN3. The van der Waals surface area contributed by atoms with Gasteiger partial charge in [0.2, 0.25) is 0 Å². The quantitative estimate of drug-likeness (QED) is 0.706. The standard InChI is InChI=1S/C14H14ClN3/c1-11-16-6-8-17(11)9-10-18-7-5-12-3-2-4-13(15)14(12)18/h2-8H,9-10H2,1H3. The Morgan fingerprint density at radius 3 is 2.72 bits per heavy atom. The van der Waals surface area contributed by atoms with Crippen LogP contribution in [-0.4, -0.2) is 14.1 Å². The van der Waals surface area contributed by atoms with Crippen LogP contribution >= 0.6 is 11.6 Å². The van der Waals surface area contributed by atoms with Gasteiger partial charge in [0.25, 0.3) is 0 Å². The SMILES string of the molecule is Cc1nccn1CCn1ccc2cccc(Cl)c21. The van der Waals surface area contributed by atoms with E-state index in [9.17, 15) is 0 Å². The zero-order valence-corrected chi connectivity index (χ0v) is 10.9. The van der Waals surface area contributed by atoms with Gasteiger partial charge in [-0.2, -0.15) is 0 Å². The normalized spacial score (nSPS) is 11.2. The molecule has 0 unspecified atom stereocenters. The van der Waals surface area contributed by atoms with Crippen LogP contribution in [0.4, 0.5) is 0 Å². The van der Waals surface area contributed by atoms with Gasteiger partial charge in [-0.05, 0) is 19.1 Å². The van der Waals surface area contributed by atoms with E-state index in [1.807, 2.05) is 31.5 Å². The molecule has 0 atom stereocenters. The molecule has 3 rings (SSSR count). The van der Waals surface area contributed by atoms with Gasteiger partial charge in [0, 0.05) is 37.1 Å². The fraction of sp³-hybridized carbons (Fsp3) is 0.214. The number of aromatic nitrogens is 3. The molecule has 0 fully saturated rings. The number of aryl methyl sites for hydroxylation is 3. The Morgan fingerprint density at radius 2 is 1.94 bits per heavy atom. The largest absolute Gasteiger partial charge is 0.344 e. The summed E-state index contributed by atoms with van der Waals surface area (Å²) in [5, 5.41) is 1.99. The highest BCUT2D eigenvalue weighted by Crippen LogP contribution is 2.24. The van der Waals surface area contributed by atoms with Crippen LogP contribution in [0.15, 0.2) is 42.9 Å². The van der Waals surface area contributed by atoms with E-state index in [0.717, 1.165) is 29.5 Å². The maximum Gasteiger partial charge on any atom is 0.105 e. The molecule has 0 amide bonds. The van der Waals surface area contributed by atoms with Crippen LogP contribution in [-0.2, 0) is 13.1 Å². The highest BCUT2D eigenvalue weighted by Gasteiger charge is 2.05. The first-order valence-corrected chi connectivity index (χ1v) is 6.34. The summed E-state index contributed by atoms with van der Waals surface area (Å²) in [4.78, 5) is 4.22. The van der Waals surface area contributed by atoms with Crippen LogP contribution in [0.2, 0.25) is 5.02 Å². The number of halogens is 1.